The molecule has 0 saturated carbocycles. The molecule has 0 radical (unpaired) electrons. The Labute approximate surface area is 183 Å². The first kappa shape index (κ1) is 20.9. The van der Waals surface area contributed by atoms with Crippen molar-refractivity contribution in [3.8, 4) is 5.75 Å². The van der Waals surface area contributed by atoms with Crippen LogP contribution < -0.4 is 5.73 Å². The fraction of sp³-hybridized carbons (Fsp3) is 0.167. The molecule has 0 bridgehead atoms. The highest BCUT2D eigenvalue weighted by molar-refractivity contribution is 6.30. The molecule has 4 rings (SSSR count). The number of amides is 2. The summed E-state index contributed by atoms with van der Waals surface area (Å²) in [6.45, 7) is 0.0600. The lowest BCUT2D eigenvalue weighted by molar-refractivity contribution is 0.0653. The Morgan fingerprint density at radius 2 is 1.77 bits per heavy atom. The minimum absolute atomic E-state index is 0.0600. The van der Waals surface area contributed by atoms with Crippen LogP contribution in [0, 0.1) is 5.82 Å². The summed E-state index contributed by atoms with van der Waals surface area (Å²) in [5.41, 5.74) is 7.66. The van der Waals surface area contributed by atoms with E-state index in [0.717, 1.165) is 0 Å². The number of benzene rings is 3. The van der Waals surface area contributed by atoms with E-state index in [-0.39, 0.29) is 22.9 Å². The number of halogens is 2. The van der Waals surface area contributed by atoms with Gasteiger partial charge in [-0.05, 0) is 59.9 Å². The summed E-state index contributed by atoms with van der Waals surface area (Å²) in [5.74, 6) is -1.60. The fourth-order valence-corrected chi connectivity index (χ4v) is 4.37. The molecule has 1 aliphatic carbocycles. The van der Waals surface area contributed by atoms with Gasteiger partial charge in [0.25, 0.3) is 5.91 Å². The summed E-state index contributed by atoms with van der Waals surface area (Å²) >= 11 is 6.10. The van der Waals surface area contributed by atoms with Crippen LogP contribution in [0.4, 0.5) is 4.39 Å². The summed E-state index contributed by atoms with van der Waals surface area (Å²) in [5, 5.41) is 10.5. The van der Waals surface area contributed by atoms with E-state index in [4.69, 9.17) is 17.3 Å². The lowest BCUT2D eigenvalue weighted by atomic mass is 10.0. The summed E-state index contributed by atoms with van der Waals surface area (Å²) in [4.78, 5) is 27.0. The van der Waals surface area contributed by atoms with Crippen molar-refractivity contribution in [2.45, 2.75) is 25.4 Å². The van der Waals surface area contributed by atoms with E-state index in [0.29, 0.717) is 35.1 Å². The predicted molar refractivity (Wildman–Crippen MR) is 115 cm³/mol. The lowest BCUT2D eigenvalue weighted by Gasteiger charge is -2.31. The van der Waals surface area contributed by atoms with Crippen molar-refractivity contribution < 1.29 is 19.1 Å². The molecule has 0 aromatic heterocycles. The van der Waals surface area contributed by atoms with Gasteiger partial charge in [-0.2, -0.15) is 0 Å². The monoisotopic (exact) mass is 438 g/mol. The topological polar surface area (TPSA) is 83.6 Å². The highest BCUT2D eigenvalue weighted by atomic mass is 35.5. The van der Waals surface area contributed by atoms with E-state index in [1.54, 1.807) is 47.4 Å². The second-order valence-electron chi connectivity index (χ2n) is 7.48. The minimum atomic E-state index is -0.605. The third-order valence-corrected chi connectivity index (χ3v) is 5.83. The van der Waals surface area contributed by atoms with Crippen molar-refractivity contribution >= 4 is 23.4 Å². The quantitative estimate of drug-likeness (QED) is 0.610. The molecule has 158 valence electrons. The van der Waals surface area contributed by atoms with Gasteiger partial charge in [-0.25, -0.2) is 4.39 Å². The summed E-state index contributed by atoms with van der Waals surface area (Å²) < 4.78 is 14.5. The second-order valence-corrected chi connectivity index (χ2v) is 7.92. The van der Waals surface area contributed by atoms with Crippen LogP contribution in [-0.4, -0.2) is 21.8 Å². The molecule has 1 aliphatic rings. The molecule has 2 amide bonds. The van der Waals surface area contributed by atoms with E-state index >= 15 is 0 Å². The third kappa shape index (κ3) is 3.99. The number of primary amides is 1. The number of phenols is 1. The Kier molecular flexibility index (Phi) is 5.65. The highest BCUT2D eigenvalue weighted by Crippen LogP contribution is 2.40. The Morgan fingerprint density at radius 3 is 2.48 bits per heavy atom. The first-order chi connectivity index (χ1) is 14.9. The Bertz CT molecular complexity index is 1180. The number of carbonyl (C=O) groups excluding carboxylic acids is 2. The molecule has 7 heteroatoms. The van der Waals surface area contributed by atoms with Crippen LogP contribution in [0.2, 0.25) is 5.02 Å². The number of hydrogen-bond donors (Lipinski definition) is 2. The summed E-state index contributed by atoms with van der Waals surface area (Å²) in [6, 6.07) is 15.5. The number of rotatable bonds is 5. The van der Waals surface area contributed by atoms with Crippen LogP contribution in [0.25, 0.3) is 0 Å². The fourth-order valence-electron chi connectivity index (χ4n) is 4.16. The van der Waals surface area contributed by atoms with Gasteiger partial charge in [0.05, 0.1) is 11.6 Å². The van der Waals surface area contributed by atoms with E-state index < -0.39 is 23.7 Å². The van der Waals surface area contributed by atoms with E-state index in [1.165, 1.54) is 18.2 Å². The van der Waals surface area contributed by atoms with Gasteiger partial charge in [-0.1, -0.05) is 41.9 Å². The molecule has 5 nitrogen and oxygen atoms in total. The lowest BCUT2D eigenvalue weighted by Crippen LogP contribution is -2.34. The van der Waals surface area contributed by atoms with Crippen LogP contribution >= 0.6 is 11.6 Å². The number of phenolic OH excluding ortho intramolecular Hbond substituents is 1. The van der Waals surface area contributed by atoms with Crippen LogP contribution in [0.3, 0.4) is 0 Å². The van der Waals surface area contributed by atoms with Gasteiger partial charge in [0.15, 0.2) is 0 Å². The number of aromatic hydroxyl groups is 1. The normalized spacial score (nSPS) is 14.8. The predicted octanol–water partition coefficient (Wildman–Crippen LogP) is 4.61. The second kappa shape index (κ2) is 8.40. The number of hydrogen-bond acceptors (Lipinski definition) is 3. The van der Waals surface area contributed by atoms with E-state index in [9.17, 15) is 19.1 Å². The molecule has 0 aliphatic heterocycles. The van der Waals surface area contributed by atoms with Gasteiger partial charge < -0.3 is 15.7 Å². The van der Waals surface area contributed by atoms with Gasteiger partial charge >= 0.3 is 0 Å². The minimum Gasteiger partial charge on any atom is -0.507 e. The number of fused-ring (bicyclic) bond motifs is 1. The van der Waals surface area contributed by atoms with Crippen molar-refractivity contribution in [2.75, 3.05) is 0 Å². The third-order valence-electron chi connectivity index (χ3n) is 5.62. The van der Waals surface area contributed by atoms with Crippen molar-refractivity contribution in [2.24, 2.45) is 5.73 Å². The number of para-hydroxylation sites is 1. The molecule has 0 heterocycles. The van der Waals surface area contributed by atoms with Gasteiger partial charge in [0.1, 0.15) is 11.6 Å². The standard InChI is InChI=1S/C24H20ClFN2O3/c25-15-11-19-17(20(26)12-15)9-10-21(19)28(24(31)18-7-3-4-8-22(18)29)13-14-5-1-2-6-16(14)23(27)30/h1-8,11-12,21,29H,9-10,13H2,(H2,27,30)/t21-/m1/s1. The molecular formula is C24H20ClFN2O3. The van der Waals surface area contributed by atoms with Gasteiger partial charge in [0, 0.05) is 17.1 Å². The van der Waals surface area contributed by atoms with Gasteiger partial charge in [-0.3, -0.25) is 9.59 Å². The number of carbonyl (C=O) groups is 2. The van der Waals surface area contributed by atoms with Crippen LogP contribution in [0.1, 0.15) is 49.9 Å². The van der Waals surface area contributed by atoms with E-state index in [2.05, 4.69) is 0 Å². The largest absolute Gasteiger partial charge is 0.507 e. The molecule has 1 atom stereocenters. The van der Waals surface area contributed by atoms with Crippen molar-refractivity contribution in [3.05, 3.63) is 99.3 Å². The molecule has 31 heavy (non-hydrogen) atoms. The molecule has 3 N–H and O–H groups in total. The molecule has 0 fully saturated rings. The van der Waals surface area contributed by atoms with Crippen LogP contribution in [0.15, 0.2) is 60.7 Å². The smallest absolute Gasteiger partial charge is 0.258 e. The van der Waals surface area contributed by atoms with Crippen molar-refractivity contribution in [1.82, 2.24) is 4.90 Å². The number of nitrogens with zero attached hydrogens (tertiary/aromatic N) is 1. The molecule has 0 unspecified atom stereocenters. The average Bonchev–Trinajstić information content (AvgIpc) is 3.16. The van der Waals surface area contributed by atoms with Crippen LogP contribution in [0.5, 0.6) is 5.75 Å². The maximum atomic E-state index is 14.5. The SMILES string of the molecule is NC(=O)c1ccccc1CN(C(=O)c1ccccc1O)[C@@H]1CCc2c(F)cc(Cl)cc21. The molecule has 0 spiro atoms. The Balaban J connectivity index is 1.81. The maximum Gasteiger partial charge on any atom is 0.258 e. The highest BCUT2D eigenvalue weighted by Gasteiger charge is 2.34. The molecular weight excluding hydrogens is 419 g/mol. The molecule has 3 aromatic carbocycles. The van der Waals surface area contributed by atoms with E-state index in [1.807, 2.05) is 0 Å². The van der Waals surface area contributed by atoms with Crippen LogP contribution in [-0.2, 0) is 13.0 Å². The van der Waals surface area contributed by atoms with Crippen molar-refractivity contribution in [3.63, 3.8) is 0 Å². The zero-order chi connectivity index (χ0) is 22.1. The van der Waals surface area contributed by atoms with Gasteiger partial charge in [0.2, 0.25) is 5.91 Å². The Morgan fingerprint density at radius 1 is 1.10 bits per heavy atom. The Hall–Kier alpha value is -3.38. The van der Waals surface area contributed by atoms with Gasteiger partial charge in [-0.15, -0.1) is 0 Å². The zero-order valence-electron chi connectivity index (χ0n) is 16.5. The molecule has 0 saturated heterocycles. The summed E-state index contributed by atoms with van der Waals surface area (Å²) in [7, 11) is 0. The zero-order valence-corrected chi connectivity index (χ0v) is 17.3. The summed E-state index contributed by atoms with van der Waals surface area (Å²) in [6.07, 6.45) is 0.940. The van der Waals surface area contributed by atoms with Crippen molar-refractivity contribution in [1.29, 1.82) is 0 Å². The first-order valence-electron chi connectivity index (χ1n) is 9.81. The molecule has 3 aromatic rings. The maximum absolute atomic E-state index is 14.5. The first-order valence-corrected chi connectivity index (χ1v) is 10.2. The number of nitrogens with two attached hydrogens (primary N) is 1. The average molecular weight is 439 g/mol.